The number of benzene rings is 1. The van der Waals surface area contributed by atoms with Gasteiger partial charge in [-0.15, -0.1) is 11.3 Å². The molecule has 0 aliphatic carbocycles. The van der Waals surface area contributed by atoms with E-state index in [1.807, 2.05) is 13.0 Å². The maximum absolute atomic E-state index is 13.8. The Bertz CT molecular complexity index is 545. The predicted octanol–water partition coefficient (Wildman–Crippen LogP) is 5.30. The van der Waals surface area contributed by atoms with Crippen LogP contribution in [0.5, 0.6) is 0 Å². The summed E-state index contributed by atoms with van der Waals surface area (Å²) in [4.78, 5) is 2.44. The molecule has 0 N–H and O–H groups in total. The van der Waals surface area contributed by atoms with Gasteiger partial charge in [0.1, 0.15) is 5.82 Å². The Morgan fingerprint density at radius 3 is 2.41 bits per heavy atom. The first-order chi connectivity index (χ1) is 7.99. The summed E-state index contributed by atoms with van der Waals surface area (Å²) in [6.07, 6.45) is 0. The first kappa shape index (κ1) is 12.8. The van der Waals surface area contributed by atoms with Crippen molar-refractivity contribution in [3.8, 4) is 0 Å². The number of aryl methyl sites for hydroxylation is 3. The van der Waals surface area contributed by atoms with E-state index in [1.54, 1.807) is 17.4 Å². The zero-order chi connectivity index (χ0) is 12.6. The first-order valence-electron chi connectivity index (χ1n) is 5.46. The van der Waals surface area contributed by atoms with Gasteiger partial charge in [0.05, 0.1) is 4.83 Å². The number of halogens is 2. The third-order valence-corrected chi connectivity index (χ3v) is 4.75. The lowest BCUT2D eigenvalue weighted by atomic mass is 10.0. The van der Waals surface area contributed by atoms with Crippen LogP contribution in [0.4, 0.5) is 4.39 Å². The van der Waals surface area contributed by atoms with Crippen molar-refractivity contribution in [2.24, 2.45) is 0 Å². The van der Waals surface area contributed by atoms with Crippen LogP contribution < -0.4 is 0 Å². The molecule has 90 valence electrons. The van der Waals surface area contributed by atoms with Crippen LogP contribution in [0.1, 0.15) is 31.3 Å². The Hall–Kier alpha value is -0.670. The molecular formula is C14H14BrFS. The van der Waals surface area contributed by atoms with Crippen molar-refractivity contribution < 1.29 is 4.39 Å². The van der Waals surface area contributed by atoms with Crippen LogP contribution in [0.15, 0.2) is 24.3 Å². The molecule has 1 aromatic heterocycles. The van der Waals surface area contributed by atoms with E-state index < -0.39 is 0 Å². The molecule has 0 aliphatic rings. The lowest BCUT2D eigenvalue weighted by Gasteiger charge is -2.12. The van der Waals surface area contributed by atoms with Crippen LogP contribution in [0, 0.1) is 26.6 Å². The van der Waals surface area contributed by atoms with Crippen LogP contribution in [-0.4, -0.2) is 0 Å². The standard InChI is InChI=1S/C14H14BrFS/c1-8-4-5-13(16)12(6-8)14(15)11-7-9(2)17-10(11)3/h4-7,14H,1-3H3. The second-order valence-corrected chi connectivity index (χ2v) is 6.63. The predicted molar refractivity (Wildman–Crippen MR) is 75.7 cm³/mol. The molecule has 3 heteroatoms. The fourth-order valence-electron chi connectivity index (χ4n) is 1.93. The fourth-order valence-corrected chi connectivity index (χ4v) is 3.87. The molecule has 0 aliphatic heterocycles. The minimum absolute atomic E-state index is 0.0626. The van der Waals surface area contributed by atoms with Crippen LogP contribution >= 0.6 is 27.3 Å². The van der Waals surface area contributed by atoms with Gasteiger partial charge in [-0.05, 0) is 38.5 Å². The van der Waals surface area contributed by atoms with E-state index in [0.29, 0.717) is 5.56 Å². The minimum atomic E-state index is -0.152. The minimum Gasteiger partial charge on any atom is -0.207 e. The number of alkyl halides is 1. The van der Waals surface area contributed by atoms with Crippen molar-refractivity contribution in [3.63, 3.8) is 0 Å². The second kappa shape index (κ2) is 4.91. The number of rotatable bonds is 2. The zero-order valence-corrected chi connectivity index (χ0v) is 12.5. The monoisotopic (exact) mass is 312 g/mol. The average Bonchev–Trinajstić information content (AvgIpc) is 2.60. The lowest BCUT2D eigenvalue weighted by molar-refractivity contribution is 0.613. The Labute approximate surface area is 114 Å². The van der Waals surface area contributed by atoms with Gasteiger partial charge in [0.2, 0.25) is 0 Å². The molecule has 2 rings (SSSR count). The van der Waals surface area contributed by atoms with Gasteiger partial charge in [0, 0.05) is 15.3 Å². The third-order valence-electron chi connectivity index (χ3n) is 2.78. The van der Waals surface area contributed by atoms with Crippen LogP contribution in [-0.2, 0) is 0 Å². The highest BCUT2D eigenvalue weighted by Gasteiger charge is 2.18. The molecule has 0 nitrogen and oxygen atoms in total. The number of hydrogen-bond donors (Lipinski definition) is 0. The summed E-state index contributed by atoms with van der Waals surface area (Å²) >= 11 is 5.36. The molecule has 0 amide bonds. The highest BCUT2D eigenvalue weighted by Crippen LogP contribution is 2.37. The molecule has 0 saturated carbocycles. The summed E-state index contributed by atoms with van der Waals surface area (Å²) in [6, 6.07) is 7.36. The summed E-state index contributed by atoms with van der Waals surface area (Å²) in [5, 5.41) is 0. The molecule has 0 radical (unpaired) electrons. The van der Waals surface area contributed by atoms with Gasteiger partial charge in [-0.3, -0.25) is 0 Å². The third kappa shape index (κ3) is 2.61. The van der Waals surface area contributed by atoms with E-state index in [4.69, 9.17) is 0 Å². The quantitative estimate of drug-likeness (QED) is 0.660. The van der Waals surface area contributed by atoms with Gasteiger partial charge >= 0.3 is 0 Å². The Balaban J connectivity index is 2.46. The second-order valence-electron chi connectivity index (χ2n) is 4.26. The van der Waals surface area contributed by atoms with E-state index in [2.05, 4.69) is 35.8 Å². The largest absolute Gasteiger partial charge is 0.207 e. The normalized spacial score (nSPS) is 12.8. The maximum Gasteiger partial charge on any atom is 0.127 e. The van der Waals surface area contributed by atoms with Crippen molar-refractivity contribution in [1.82, 2.24) is 0 Å². The summed E-state index contributed by atoms with van der Waals surface area (Å²) in [6.45, 7) is 6.14. The molecule has 0 bridgehead atoms. The van der Waals surface area contributed by atoms with Gasteiger partial charge < -0.3 is 0 Å². The topological polar surface area (TPSA) is 0 Å². The molecular weight excluding hydrogens is 299 g/mol. The molecule has 2 aromatic rings. The molecule has 0 fully saturated rings. The smallest absolute Gasteiger partial charge is 0.127 e. The lowest BCUT2D eigenvalue weighted by Crippen LogP contribution is -1.97. The average molecular weight is 313 g/mol. The van der Waals surface area contributed by atoms with Crippen LogP contribution in [0.25, 0.3) is 0 Å². The summed E-state index contributed by atoms with van der Waals surface area (Å²) in [5.74, 6) is -0.152. The van der Waals surface area contributed by atoms with Gasteiger partial charge in [-0.2, -0.15) is 0 Å². The van der Waals surface area contributed by atoms with E-state index in [0.717, 1.165) is 11.1 Å². The summed E-state index contributed by atoms with van der Waals surface area (Å²) in [7, 11) is 0. The van der Waals surface area contributed by atoms with Crippen molar-refractivity contribution in [3.05, 3.63) is 56.5 Å². The maximum atomic E-state index is 13.8. The Morgan fingerprint density at radius 1 is 1.12 bits per heavy atom. The zero-order valence-electron chi connectivity index (χ0n) is 10.1. The molecule has 0 saturated heterocycles. The van der Waals surface area contributed by atoms with Gasteiger partial charge in [-0.1, -0.05) is 33.6 Å². The summed E-state index contributed by atoms with van der Waals surface area (Å²) in [5.41, 5.74) is 2.96. The number of thiophene rings is 1. The van der Waals surface area contributed by atoms with Crippen LogP contribution in [0.2, 0.25) is 0 Å². The highest BCUT2D eigenvalue weighted by atomic mass is 79.9. The Kier molecular flexibility index (Phi) is 3.69. The van der Waals surface area contributed by atoms with Gasteiger partial charge in [0.25, 0.3) is 0 Å². The molecule has 1 unspecified atom stereocenters. The summed E-state index contributed by atoms with van der Waals surface area (Å²) < 4.78 is 13.8. The van der Waals surface area contributed by atoms with Crippen molar-refractivity contribution in [2.75, 3.05) is 0 Å². The molecule has 17 heavy (non-hydrogen) atoms. The van der Waals surface area contributed by atoms with Crippen molar-refractivity contribution in [1.29, 1.82) is 0 Å². The molecule has 1 aromatic carbocycles. The Morgan fingerprint density at radius 2 is 1.82 bits per heavy atom. The van der Waals surface area contributed by atoms with Gasteiger partial charge in [0.15, 0.2) is 0 Å². The number of hydrogen-bond acceptors (Lipinski definition) is 1. The van der Waals surface area contributed by atoms with Crippen LogP contribution in [0.3, 0.4) is 0 Å². The van der Waals surface area contributed by atoms with Crippen molar-refractivity contribution in [2.45, 2.75) is 25.6 Å². The first-order valence-corrected chi connectivity index (χ1v) is 7.19. The van der Waals surface area contributed by atoms with E-state index in [9.17, 15) is 4.39 Å². The molecule has 1 heterocycles. The molecule has 0 spiro atoms. The fraction of sp³-hybridized carbons (Fsp3) is 0.286. The van der Waals surface area contributed by atoms with E-state index in [1.165, 1.54) is 15.8 Å². The van der Waals surface area contributed by atoms with E-state index >= 15 is 0 Å². The SMILES string of the molecule is Cc1ccc(F)c(C(Br)c2cc(C)sc2C)c1. The van der Waals surface area contributed by atoms with Crippen molar-refractivity contribution >= 4 is 27.3 Å². The van der Waals surface area contributed by atoms with Gasteiger partial charge in [-0.25, -0.2) is 4.39 Å². The highest BCUT2D eigenvalue weighted by molar-refractivity contribution is 9.09. The van der Waals surface area contributed by atoms with E-state index in [-0.39, 0.29) is 10.6 Å². The molecule has 1 atom stereocenters.